The molecule has 3 rings (SSSR count). The van der Waals surface area contributed by atoms with Crippen molar-refractivity contribution in [1.82, 2.24) is 0 Å². The first kappa shape index (κ1) is 15.4. The second kappa shape index (κ2) is 6.34. The molecule has 0 aliphatic carbocycles. The van der Waals surface area contributed by atoms with Crippen LogP contribution in [0.15, 0.2) is 48.5 Å². The number of amides is 2. The van der Waals surface area contributed by atoms with Gasteiger partial charge in [-0.15, -0.1) is 0 Å². The van der Waals surface area contributed by atoms with Gasteiger partial charge in [0, 0.05) is 11.8 Å². The molecule has 6 heteroatoms. The molecular weight excluding hydrogens is 312 g/mol. The number of nitrogens with zero attached hydrogens (tertiary/aromatic N) is 1. The number of ether oxygens (including phenoxy) is 1. The predicted octanol–water partition coefficient (Wildman–Crippen LogP) is 3.64. The van der Waals surface area contributed by atoms with Gasteiger partial charge in [-0.05, 0) is 48.5 Å². The van der Waals surface area contributed by atoms with E-state index in [2.05, 4.69) is 5.32 Å². The topological polar surface area (TPSA) is 58.6 Å². The third-order valence-corrected chi connectivity index (χ3v) is 4.41. The summed E-state index contributed by atoms with van der Waals surface area (Å²) in [5.41, 5.74) is 2.33. The van der Waals surface area contributed by atoms with Crippen LogP contribution in [0, 0.1) is 6.92 Å². The van der Waals surface area contributed by atoms with Crippen LogP contribution in [0.3, 0.4) is 0 Å². The standard InChI is InChI=1S/C17H16N2O3S/c1-11-5-3-7-13(9-11)19-16(20)15(23-17(19)21)18-12-6-4-8-14(10-12)22-2/h3-10,15,18H,1-2H3/t15-/m1/s1. The fraction of sp³-hybridized carbons (Fsp3) is 0.176. The van der Waals surface area contributed by atoms with Gasteiger partial charge in [-0.25, -0.2) is 4.90 Å². The molecular formula is C17H16N2O3S. The average molecular weight is 328 g/mol. The second-order valence-corrected chi connectivity index (χ2v) is 6.21. The number of benzene rings is 2. The summed E-state index contributed by atoms with van der Waals surface area (Å²) in [6.45, 7) is 1.92. The molecule has 1 aliphatic rings. The number of carbonyl (C=O) groups excluding carboxylic acids is 2. The van der Waals surface area contributed by atoms with Gasteiger partial charge in [0.15, 0.2) is 5.37 Å². The number of aryl methyl sites for hydroxylation is 1. The Bertz CT molecular complexity index is 763. The van der Waals surface area contributed by atoms with Crippen molar-refractivity contribution in [3.63, 3.8) is 0 Å². The lowest BCUT2D eigenvalue weighted by molar-refractivity contribution is -0.116. The first-order valence-corrected chi connectivity index (χ1v) is 7.98. The van der Waals surface area contributed by atoms with Crippen LogP contribution >= 0.6 is 11.8 Å². The molecule has 2 aromatic carbocycles. The number of thioether (sulfide) groups is 1. The van der Waals surface area contributed by atoms with Gasteiger partial charge in [0.1, 0.15) is 5.75 Å². The van der Waals surface area contributed by atoms with Gasteiger partial charge >= 0.3 is 0 Å². The average Bonchev–Trinajstić information content (AvgIpc) is 2.81. The summed E-state index contributed by atoms with van der Waals surface area (Å²) in [7, 11) is 1.58. The van der Waals surface area contributed by atoms with Gasteiger partial charge in [0.2, 0.25) is 0 Å². The Kier molecular flexibility index (Phi) is 4.25. The molecule has 1 aliphatic heterocycles. The highest BCUT2D eigenvalue weighted by Crippen LogP contribution is 2.33. The molecule has 23 heavy (non-hydrogen) atoms. The van der Waals surface area contributed by atoms with E-state index in [9.17, 15) is 9.59 Å². The SMILES string of the molecule is COc1cccc(N[C@@H]2SC(=O)N(c3cccc(C)c3)C2=O)c1. The Morgan fingerprint density at radius 3 is 2.65 bits per heavy atom. The van der Waals surface area contributed by atoms with Crippen LogP contribution in [-0.2, 0) is 4.79 Å². The van der Waals surface area contributed by atoms with E-state index in [1.807, 2.05) is 43.3 Å². The molecule has 1 atom stereocenters. The molecule has 2 amide bonds. The predicted molar refractivity (Wildman–Crippen MR) is 92.1 cm³/mol. The number of carbonyl (C=O) groups is 2. The minimum atomic E-state index is -0.643. The molecule has 0 bridgehead atoms. The zero-order chi connectivity index (χ0) is 16.4. The van der Waals surface area contributed by atoms with E-state index < -0.39 is 5.37 Å². The monoisotopic (exact) mass is 328 g/mol. The van der Waals surface area contributed by atoms with Crippen molar-refractivity contribution < 1.29 is 14.3 Å². The van der Waals surface area contributed by atoms with Crippen LogP contribution in [0.5, 0.6) is 5.75 Å². The lowest BCUT2D eigenvalue weighted by atomic mass is 10.2. The Balaban J connectivity index is 1.81. The fourth-order valence-corrected chi connectivity index (χ4v) is 3.27. The van der Waals surface area contributed by atoms with Gasteiger partial charge in [0.05, 0.1) is 12.8 Å². The summed E-state index contributed by atoms with van der Waals surface area (Å²) in [6.07, 6.45) is 0. The van der Waals surface area contributed by atoms with Crippen LogP contribution in [-0.4, -0.2) is 23.6 Å². The summed E-state index contributed by atoms with van der Waals surface area (Å²) in [4.78, 5) is 26.0. The summed E-state index contributed by atoms with van der Waals surface area (Å²) >= 11 is 0.976. The maximum Gasteiger partial charge on any atom is 0.295 e. The maximum atomic E-state index is 12.6. The van der Waals surface area contributed by atoms with Gasteiger partial charge in [-0.2, -0.15) is 0 Å². The van der Waals surface area contributed by atoms with Crippen LogP contribution in [0.25, 0.3) is 0 Å². The lowest BCUT2D eigenvalue weighted by Gasteiger charge is -2.15. The Hall–Kier alpha value is -2.47. The van der Waals surface area contributed by atoms with E-state index in [-0.39, 0.29) is 11.1 Å². The molecule has 0 spiro atoms. The van der Waals surface area contributed by atoms with Gasteiger partial charge < -0.3 is 10.1 Å². The fourth-order valence-electron chi connectivity index (χ4n) is 2.37. The van der Waals surface area contributed by atoms with Crippen molar-refractivity contribution in [3.8, 4) is 5.75 Å². The zero-order valence-corrected chi connectivity index (χ0v) is 13.6. The summed E-state index contributed by atoms with van der Waals surface area (Å²) in [5, 5.41) is 2.16. The molecule has 1 saturated heterocycles. The maximum absolute atomic E-state index is 12.6. The smallest absolute Gasteiger partial charge is 0.295 e. The van der Waals surface area contributed by atoms with Crippen molar-refractivity contribution in [3.05, 3.63) is 54.1 Å². The van der Waals surface area contributed by atoms with Crippen molar-refractivity contribution in [2.45, 2.75) is 12.3 Å². The molecule has 5 nitrogen and oxygen atoms in total. The number of nitrogens with one attached hydrogen (secondary N) is 1. The van der Waals surface area contributed by atoms with Gasteiger partial charge in [-0.3, -0.25) is 9.59 Å². The molecule has 118 valence electrons. The third-order valence-electron chi connectivity index (χ3n) is 3.47. The van der Waals surface area contributed by atoms with Crippen molar-refractivity contribution in [2.24, 2.45) is 0 Å². The number of anilines is 2. The number of methoxy groups -OCH3 is 1. The van der Waals surface area contributed by atoms with E-state index in [0.29, 0.717) is 11.4 Å². The van der Waals surface area contributed by atoms with E-state index in [1.165, 1.54) is 4.90 Å². The Morgan fingerprint density at radius 2 is 1.91 bits per heavy atom. The molecule has 0 aromatic heterocycles. The lowest BCUT2D eigenvalue weighted by Crippen LogP contribution is -2.34. The molecule has 0 radical (unpaired) electrons. The summed E-state index contributed by atoms with van der Waals surface area (Å²) in [6, 6.07) is 14.6. The normalized spacial score (nSPS) is 17.5. The van der Waals surface area contributed by atoms with Gasteiger partial charge in [-0.1, -0.05) is 18.2 Å². The summed E-state index contributed by atoms with van der Waals surface area (Å²) in [5.74, 6) is 0.417. The zero-order valence-electron chi connectivity index (χ0n) is 12.8. The van der Waals surface area contributed by atoms with E-state index in [1.54, 1.807) is 19.2 Å². The van der Waals surface area contributed by atoms with E-state index in [0.717, 1.165) is 23.0 Å². The number of imide groups is 1. The van der Waals surface area contributed by atoms with Crippen molar-refractivity contribution in [2.75, 3.05) is 17.3 Å². The van der Waals surface area contributed by atoms with Crippen molar-refractivity contribution >= 4 is 34.3 Å². The van der Waals surface area contributed by atoms with E-state index in [4.69, 9.17) is 4.74 Å². The Morgan fingerprint density at radius 1 is 1.13 bits per heavy atom. The molecule has 1 fully saturated rings. The third kappa shape index (κ3) is 3.17. The summed E-state index contributed by atoms with van der Waals surface area (Å²) < 4.78 is 5.16. The minimum absolute atomic E-state index is 0.270. The van der Waals surface area contributed by atoms with Crippen LogP contribution < -0.4 is 15.0 Å². The highest BCUT2D eigenvalue weighted by Gasteiger charge is 2.40. The highest BCUT2D eigenvalue weighted by atomic mass is 32.2. The number of hydrogen-bond donors (Lipinski definition) is 1. The van der Waals surface area contributed by atoms with Crippen LogP contribution in [0.4, 0.5) is 16.2 Å². The number of hydrogen-bond acceptors (Lipinski definition) is 5. The number of rotatable bonds is 4. The van der Waals surface area contributed by atoms with Gasteiger partial charge in [0.25, 0.3) is 11.1 Å². The first-order valence-electron chi connectivity index (χ1n) is 7.10. The Labute approximate surface area is 138 Å². The molecule has 2 aromatic rings. The molecule has 0 unspecified atom stereocenters. The molecule has 1 heterocycles. The minimum Gasteiger partial charge on any atom is -0.497 e. The highest BCUT2D eigenvalue weighted by molar-refractivity contribution is 8.16. The molecule has 0 saturated carbocycles. The van der Waals surface area contributed by atoms with E-state index >= 15 is 0 Å². The molecule has 1 N–H and O–H groups in total. The first-order chi connectivity index (χ1) is 11.1. The van der Waals surface area contributed by atoms with Crippen LogP contribution in [0.2, 0.25) is 0 Å². The largest absolute Gasteiger partial charge is 0.497 e. The van der Waals surface area contributed by atoms with Crippen molar-refractivity contribution in [1.29, 1.82) is 0 Å². The second-order valence-electron chi connectivity index (χ2n) is 5.15. The van der Waals surface area contributed by atoms with Crippen LogP contribution in [0.1, 0.15) is 5.56 Å². The quantitative estimate of drug-likeness (QED) is 0.928.